The summed E-state index contributed by atoms with van der Waals surface area (Å²) in [6, 6.07) is 15.7. The zero-order valence-electron chi connectivity index (χ0n) is 12.7. The molecule has 3 rings (SSSR count). The van der Waals surface area contributed by atoms with Gasteiger partial charge in [-0.25, -0.2) is 0 Å². The molecule has 0 fully saturated rings. The van der Waals surface area contributed by atoms with Gasteiger partial charge in [0.15, 0.2) is 0 Å². The third kappa shape index (κ3) is 3.63. The fraction of sp³-hybridized carbons (Fsp3) is 0.0667. The molecule has 0 aliphatic rings. The largest absolute Gasteiger partial charge is 0.276 e. The summed E-state index contributed by atoms with van der Waals surface area (Å²) in [5.41, 5.74) is 1.71. The van der Waals surface area contributed by atoms with Crippen LogP contribution in [0.2, 0.25) is 0 Å². The van der Waals surface area contributed by atoms with Gasteiger partial charge in [0.25, 0.3) is 10.0 Å². The third-order valence-electron chi connectivity index (χ3n) is 3.10. The van der Waals surface area contributed by atoms with Crippen LogP contribution >= 0.6 is 0 Å². The zero-order valence-corrected chi connectivity index (χ0v) is 13.6. The van der Waals surface area contributed by atoms with Gasteiger partial charge in [0.2, 0.25) is 5.82 Å². The van der Waals surface area contributed by atoms with Crippen molar-refractivity contribution in [1.82, 2.24) is 25.0 Å². The van der Waals surface area contributed by atoms with Gasteiger partial charge in [-0.2, -0.15) is 18.4 Å². The van der Waals surface area contributed by atoms with Crippen LogP contribution in [0.15, 0.2) is 64.6 Å². The lowest BCUT2D eigenvalue weighted by atomic mass is 10.2. The molecule has 0 aliphatic carbocycles. The Morgan fingerprint density at radius 3 is 2.50 bits per heavy atom. The number of hydrazone groups is 1. The van der Waals surface area contributed by atoms with E-state index in [-0.39, 0.29) is 10.7 Å². The number of hydrogen-bond acceptors (Lipinski definition) is 6. The molecular weight excluding hydrogens is 328 g/mol. The number of aromatic nitrogens is 4. The molecule has 122 valence electrons. The number of nitrogens with one attached hydrogen (secondary N) is 1. The summed E-state index contributed by atoms with van der Waals surface area (Å²) in [4.78, 5) is 3.58. The van der Waals surface area contributed by atoms with Gasteiger partial charge in [-0.15, -0.1) is 15.0 Å². The van der Waals surface area contributed by atoms with E-state index >= 15 is 0 Å². The molecule has 0 radical (unpaired) electrons. The Hall–Kier alpha value is -3.07. The maximum Gasteiger partial charge on any atom is 0.276 e. The van der Waals surface area contributed by atoms with Crippen molar-refractivity contribution in [2.75, 3.05) is 0 Å². The number of sulfonamides is 1. The van der Waals surface area contributed by atoms with Crippen LogP contribution in [0.1, 0.15) is 11.4 Å². The van der Waals surface area contributed by atoms with E-state index in [0.29, 0.717) is 0 Å². The maximum atomic E-state index is 12.1. The highest BCUT2D eigenvalue weighted by molar-refractivity contribution is 7.89. The Morgan fingerprint density at radius 1 is 1.08 bits per heavy atom. The lowest BCUT2D eigenvalue weighted by Crippen LogP contribution is -2.18. The first kappa shape index (κ1) is 15.8. The van der Waals surface area contributed by atoms with Crippen molar-refractivity contribution in [1.29, 1.82) is 0 Å². The standard InChI is InChI=1S/C15H14N6O2S/c1-12-7-9-14(10-8-12)24(22,23)20-16-11-15-17-19-21(18-15)13-5-3-2-4-6-13/h2-11,20H,1H3/b16-11+. The summed E-state index contributed by atoms with van der Waals surface area (Å²) in [6.45, 7) is 1.88. The summed E-state index contributed by atoms with van der Waals surface area (Å²) < 4.78 is 24.1. The monoisotopic (exact) mass is 342 g/mol. The van der Waals surface area contributed by atoms with Crippen LogP contribution in [-0.2, 0) is 10.0 Å². The van der Waals surface area contributed by atoms with Crippen LogP contribution in [0, 0.1) is 6.92 Å². The van der Waals surface area contributed by atoms with E-state index in [1.807, 2.05) is 37.3 Å². The van der Waals surface area contributed by atoms with Crippen LogP contribution in [0.3, 0.4) is 0 Å². The van der Waals surface area contributed by atoms with Crippen molar-refractivity contribution in [2.45, 2.75) is 11.8 Å². The van der Waals surface area contributed by atoms with Crippen LogP contribution in [0.4, 0.5) is 0 Å². The molecule has 9 heteroatoms. The summed E-state index contributed by atoms with van der Waals surface area (Å²) in [5, 5.41) is 15.4. The molecular formula is C15H14N6O2S. The van der Waals surface area contributed by atoms with Gasteiger partial charge in [-0.05, 0) is 36.4 Å². The summed E-state index contributed by atoms with van der Waals surface area (Å²) in [5.74, 6) is 0.186. The van der Waals surface area contributed by atoms with Gasteiger partial charge in [0, 0.05) is 0 Å². The van der Waals surface area contributed by atoms with Crippen molar-refractivity contribution >= 4 is 16.2 Å². The molecule has 0 amide bonds. The van der Waals surface area contributed by atoms with E-state index in [1.165, 1.54) is 23.1 Å². The topological polar surface area (TPSA) is 102 Å². The van der Waals surface area contributed by atoms with Gasteiger partial charge in [-0.3, -0.25) is 0 Å². The maximum absolute atomic E-state index is 12.1. The Bertz CT molecular complexity index is 949. The Labute approximate surface area is 138 Å². The van der Waals surface area contributed by atoms with Crippen LogP contribution in [-0.4, -0.2) is 34.8 Å². The molecule has 0 spiro atoms. The van der Waals surface area contributed by atoms with Gasteiger partial charge in [-0.1, -0.05) is 35.9 Å². The fourth-order valence-corrected chi connectivity index (χ4v) is 2.66. The smallest absolute Gasteiger partial charge is 0.200 e. The van der Waals surface area contributed by atoms with Gasteiger partial charge >= 0.3 is 0 Å². The summed E-state index contributed by atoms with van der Waals surface area (Å²) in [7, 11) is -3.72. The van der Waals surface area contributed by atoms with Crippen molar-refractivity contribution in [3.63, 3.8) is 0 Å². The molecule has 1 heterocycles. The summed E-state index contributed by atoms with van der Waals surface area (Å²) in [6.07, 6.45) is 1.19. The van der Waals surface area contributed by atoms with E-state index in [9.17, 15) is 8.42 Å². The Kier molecular flexibility index (Phi) is 4.34. The summed E-state index contributed by atoms with van der Waals surface area (Å²) >= 11 is 0. The highest BCUT2D eigenvalue weighted by Gasteiger charge is 2.12. The fourth-order valence-electron chi connectivity index (χ4n) is 1.87. The molecule has 0 saturated carbocycles. The number of nitrogens with zero attached hydrogens (tertiary/aromatic N) is 5. The molecule has 0 unspecified atom stereocenters. The van der Waals surface area contributed by atoms with E-state index in [2.05, 4.69) is 25.3 Å². The lowest BCUT2D eigenvalue weighted by Gasteiger charge is -2.02. The minimum absolute atomic E-state index is 0.131. The number of hydrogen-bond donors (Lipinski definition) is 1. The number of tetrazole rings is 1. The minimum atomic E-state index is -3.72. The number of rotatable bonds is 5. The quantitative estimate of drug-likeness (QED) is 0.556. The van der Waals surface area contributed by atoms with Gasteiger partial charge in [0.1, 0.15) is 0 Å². The normalized spacial score (nSPS) is 11.7. The van der Waals surface area contributed by atoms with E-state index < -0.39 is 10.0 Å². The molecule has 3 aromatic rings. The molecule has 2 aromatic carbocycles. The number of benzene rings is 2. The average molecular weight is 342 g/mol. The van der Waals surface area contributed by atoms with Crippen LogP contribution < -0.4 is 4.83 Å². The average Bonchev–Trinajstić information content (AvgIpc) is 3.05. The van der Waals surface area contributed by atoms with Crippen LogP contribution in [0.25, 0.3) is 5.69 Å². The Balaban J connectivity index is 1.70. The highest BCUT2D eigenvalue weighted by atomic mass is 32.2. The Morgan fingerprint density at radius 2 is 1.79 bits per heavy atom. The molecule has 0 atom stereocenters. The van der Waals surface area contributed by atoms with Crippen LogP contribution in [0.5, 0.6) is 0 Å². The minimum Gasteiger partial charge on any atom is -0.200 e. The van der Waals surface area contributed by atoms with E-state index in [1.54, 1.807) is 12.1 Å². The van der Waals surface area contributed by atoms with E-state index in [0.717, 1.165) is 11.3 Å². The van der Waals surface area contributed by atoms with Crippen molar-refractivity contribution < 1.29 is 8.42 Å². The second kappa shape index (κ2) is 6.59. The number of aryl methyl sites for hydroxylation is 1. The number of para-hydroxylation sites is 1. The molecule has 0 aliphatic heterocycles. The first-order chi connectivity index (χ1) is 11.5. The molecule has 1 aromatic heterocycles. The first-order valence-electron chi connectivity index (χ1n) is 7.01. The highest BCUT2D eigenvalue weighted by Crippen LogP contribution is 2.09. The van der Waals surface area contributed by atoms with Gasteiger partial charge < -0.3 is 0 Å². The predicted octanol–water partition coefficient (Wildman–Crippen LogP) is 1.28. The van der Waals surface area contributed by atoms with Crippen molar-refractivity contribution in [3.8, 4) is 5.69 Å². The second-order valence-electron chi connectivity index (χ2n) is 4.94. The van der Waals surface area contributed by atoms with Crippen molar-refractivity contribution in [2.24, 2.45) is 5.10 Å². The van der Waals surface area contributed by atoms with Gasteiger partial charge in [0.05, 0.1) is 16.8 Å². The predicted molar refractivity (Wildman–Crippen MR) is 88.2 cm³/mol. The molecule has 8 nitrogen and oxygen atoms in total. The molecule has 1 N–H and O–H groups in total. The zero-order chi connectivity index (χ0) is 17.0. The molecule has 0 saturated heterocycles. The molecule has 24 heavy (non-hydrogen) atoms. The van der Waals surface area contributed by atoms with Crippen molar-refractivity contribution in [3.05, 3.63) is 66.0 Å². The third-order valence-corrected chi connectivity index (χ3v) is 4.34. The SMILES string of the molecule is Cc1ccc(S(=O)(=O)N/N=C/c2nnn(-c3ccccc3)n2)cc1. The lowest BCUT2D eigenvalue weighted by molar-refractivity contribution is 0.584. The van der Waals surface area contributed by atoms with E-state index in [4.69, 9.17) is 0 Å². The molecule has 0 bridgehead atoms. The second-order valence-corrected chi connectivity index (χ2v) is 6.60. The first-order valence-corrected chi connectivity index (χ1v) is 8.50.